The predicted molar refractivity (Wildman–Crippen MR) is 98.3 cm³/mol. The second-order valence-electron chi connectivity index (χ2n) is 7.96. The van der Waals surface area contributed by atoms with E-state index in [4.69, 9.17) is 4.52 Å². The average Bonchev–Trinajstić information content (AvgIpc) is 3.13. The van der Waals surface area contributed by atoms with Crippen molar-refractivity contribution in [3.05, 3.63) is 40.5 Å². The Bertz CT molecular complexity index is 778. The van der Waals surface area contributed by atoms with Crippen LogP contribution in [0, 0.1) is 5.41 Å². The zero-order chi connectivity index (χ0) is 18.4. The van der Waals surface area contributed by atoms with Crippen LogP contribution in [-0.4, -0.2) is 16.7 Å². The molecule has 0 saturated heterocycles. The number of halogens is 3. The van der Waals surface area contributed by atoms with Crippen molar-refractivity contribution < 1.29 is 13.3 Å². The smallest absolute Gasteiger partial charge is 0.322 e. The van der Waals surface area contributed by atoms with Crippen LogP contribution in [0.2, 0.25) is 0 Å². The van der Waals surface area contributed by atoms with Crippen molar-refractivity contribution in [1.29, 1.82) is 0 Å². The van der Waals surface area contributed by atoms with E-state index in [0.29, 0.717) is 5.82 Å². The van der Waals surface area contributed by atoms with E-state index in [1.807, 2.05) is 12.1 Å². The highest BCUT2D eigenvalue weighted by molar-refractivity contribution is 9.10. The first-order valence-electron chi connectivity index (χ1n) is 9.02. The lowest BCUT2D eigenvalue weighted by molar-refractivity contribution is -0.0158. The fraction of sp³-hybridized carbons (Fsp3) is 0.579. The topological polar surface area (TPSA) is 51.0 Å². The molecule has 0 radical (unpaired) electrons. The van der Waals surface area contributed by atoms with E-state index in [1.165, 1.54) is 0 Å². The van der Waals surface area contributed by atoms with Crippen LogP contribution >= 0.6 is 15.9 Å². The van der Waals surface area contributed by atoms with Gasteiger partial charge in [-0.2, -0.15) is 13.8 Å². The summed E-state index contributed by atoms with van der Waals surface area (Å²) in [6.07, 6.45) is 5.96. The molecule has 5 rings (SSSR count). The Morgan fingerprint density at radius 3 is 2.46 bits per heavy atom. The van der Waals surface area contributed by atoms with Gasteiger partial charge in [0.1, 0.15) is 0 Å². The lowest BCUT2D eigenvalue weighted by Crippen LogP contribution is -2.47. The molecule has 3 fully saturated rings. The Hall–Kier alpha value is -1.50. The summed E-state index contributed by atoms with van der Waals surface area (Å²) in [7, 11) is 0. The largest absolute Gasteiger partial charge is 0.384 e. The third-order valence-electron chi connectivity index (χ3n) is 6.17. The van der Waals surface area contributed by atoms with Gasteiger partial charge in [-0.05, 0) is 62.1 Å². The number of aromatic nitrogens is 2. The van der Waals surface area contributed by atoms with Crippen LogP contribution in [0.4, 0.5) is 14.5 Å². The van der Waals surface area contributed by atoms with Crippen molar-refractivity contribution in [3.63, 3.8) is 0 Å². The Kier molecular flexibility index (Phi) is 4.33. The van der Waals surface area contributed by atoms with Crippen molar-refractivity contribution in [1.82, 2.24) is 10.1 Å². The normalized spacial score (nSPS) is 28.3. The first-order valence-corrected chi connectivity index (χ1v) is 9.82. The molecule has 0 amide bonds. The van der Waals surface area contributed by atoms with E-state index in [9.17, 15) is 8.78 Å². The lowest BCUT2D eigenvalue weighted by atomic mass is 9.53. The van der Waals surface area contributed by atoms with Gasteiger partial charge < -0.3 is 9.84 Å². The molecule has 1 aromatic heterocycles. The van der Waals surface area contributed by atoms with Gasteiger partial charge in [0.15, 0.2) is 5.82 Å². The van der Waals surface area contributed by atoms with Gasteiger partial charge in [-0.3, -0.25) is 0 Å². The quantitative estimate of drug-likeness (QED) is 0.672. The Morgan fingerprint density at radius 1 is 1.19 bits per heavy atom. The molecule has 0 unspecified atom stereocenters. The number of nitrogens with one attached hydrogen (secondary N) is 1. The molecule has 1 N–H and O–H groups in total. The summed E-state index contributed by atoms with van der Waals surface area (Å²) in [5, 5.41) is 7.48. The van der Waals surface area contributed by atoms with Crippen LogP contribution in [0.5, 0.6) is 0 Å². The van der Waals surface area contributed by atoms with Crippen LogP contribution in [0.25, 0.3) is 0 Å². The number of anilines is 1. The van der Waals surface area contributed by atoms with Crippen molar-refractivity contribution in [3.8, 4) is 0 Å². The van der Waals surface area contributed by atoms with Gasteiger partial charge in [-0.1, -0.05) is 27.2 Å². The highest BCUT2D eigenvalue weighted by atomic mass is 79.9. The number of fused-ring (bicyclic) bond motifs is 3. The van der Waals surface area contributed by atoms with Crippen molar-refractivity contribution in [2.75, 3.05) is 11.9 Å². The van der Waals surface area contributed by atoms with E-state index in [1.54, 1.807) is 0 Å². The summed E-state index contributed by atoms with van der Waals surface area (Å²) in [5.74, 6) is -3.18. The zero-order valence-electron chi connectivity index (χ0n) is 14.7. The number of benzene rings is 1. The second kappa shape index (κ2) is 6.29. The van der Waals surface area contributed by atoms with E-state index in [0.717, 1.165) is 62.2 Å². The molecule has 3 aliphatic carbocycles. The van der Waals surface area contributed by atoms with Crippen LogP contribution in [0.1, 0.15) is 57.2 Å². The van der Waals surface area contributed by atoms with E-state index in [2.05, 4.69) is 43.5 Å². The third kappa shape index (κ3) is 3.26. The monoisotopic (exact) mass is 425 g/mol. The molecule has 0 spiro atoms. The average molecular weight is 426 g/mol. The van der Waals surface area contributed by atoms with Gasteiger partial charge >= 0.3 is 5.92 Å². The van der Waals surface area contributed by atoms with E-state index >= 15 is 0 Å². The maximum Gasteiger partial charge on any atom is 0.322 e. The molecule has 1 heterocycles. The maximum atomic E-state index is 13.4. The van der Waals surface area contributed by atoms with Gasteiger partial charge in [-0.15, -0.1) is 0 Å². The number of nitrogens with zero attached hydrogens (tertiary/aromatic N) is 2. The molecule has 2 aromatic rings. The minimum atomic E-state index is -3.08. The molecule has 26 heavy (non-hydrogen) atoms. The van der Waals surface area contributed by atoms with Crippen molar-refractivity contribution in [2.45, 2.75) is 56.8 Å². The number of hydrogen-bond donors (Lipinski definition) is 1. The fourth-order valence-corrected chi connectivity index (χ4v) is 4.77. The molecule has 7 heteroatoms. The van der Waals surface area contributed by atoms with Gasteiger partial charge in [0, 0.05) is 29.0 Å². The second-order valence-corrected chi connectivity index (χ2v) is 8.87. The summed E-state index contributed by atoms with van der Waals surface area (Å²) in [6.45, 7) is 1.73. The minimum absolute atomic E-state index is 0.190. The summed E-state index contributed by atoms with van der Waals surface area (Å²) >= 11 is 3.50. The number of rotatable bonds is 5. The first-order chi connectivity index (χ1) is 12.3. The van der Waals surface area contributed by atoms with Gasteiger partial charge in [0.05, 0.1) is 0 Å². The molecular formula is C19H22BrF2N3O. The Labute approximate surface area is 159 Å². The van der Waals surface area contributed by atoms with E-state index < -0.39 is 11.8 Å². The first kappa shape index (κ1) is 17.9. The van der Waals surface area contributed by atoms with Gasteiger partial charge in [0.2, 0.25) is 0 Å². The molecule has 0 aliphatic heterocycles. The number of hydrogen-bond acceptors (Lipinski definition) is 4. The molecule has 140 valence electrons. The molecule has 3 aliphatic rings. The lowest BCUT2D eigenvalue weighted by Gasteiger charge is -2.52. The Balaban J connectivity index is 1.44. The van der Waals surface area contributed by atoms with Gasteiger partial charge in [-0.25, -0.2) is 0 Å². The standard InChI is InChI=1S/C19H22BrF2N3O/c1-17(21,22)16-24-15(25-26-16)19-8-5-18(6-9-19,7-10-19)12-23-14-4-2-3-13(20)11-14/h2-4,11,23H,5-10,12H2,1H3. The van der Waals surface area contributed by atoms with E-state index in [-0.39, 0.29) is 10.8 Å². The molecular weight excluding hydrogens is 404 g/mol. The van der Waals surface area contributed by atoms with Crippen LogP contribution < -0.4 is 5.32 Å². The maximum absolute atomic E-state index is 13.4. The van der Waals surface area contributed by atoms with Crippen molar-refractivity contribution >= 4 is 21.6 Å². The highest BCUT2D eigenvalue weighted by Crippen LogP contribution is 2.57. The van der Waals surface area contributed by atoms with Crippen molar-refractivity contribution in [2.24, 2.45) is 5.41 Å². The number of alkyl halides is 2. The minimum Gasteiger partial charge on any atom is -0.384 e. The summed E-state index contributed by atoms with van der Waals surface area (Å²) in [6, 6.07) is 8.19. The molecule has 2 bridgehead atoms. The zero-order valence-corrected chi connectivity index (χ0v) is 16.3. The Morgan fingerprint density at radius 2 is 1.88 bits per heavy atom. The summed E-state index contributed by atoms with van der Waals surface area (Å²) in [5.41, 5.74) is 1.19. The molecule has 4 nitrogen and oxygen atoms in total. The van der Waals surface area contributed by atoms with Crippen LogP contribution in [-0.2, 0) is 11.3 Å². The molecule has 1 aromatic carbocycles. The predicted octanol–water partition coefficient (Wildman–Crippen LogP) is 5.65. The van der Waals surface area contributed by atoms with Crippen LogP contribution in [0.3, 0.4) is 0 Å². The SMILES string of the molecule is CC(F)(F)c1nc(C23CCC(CNc4cccc(Br)c4)(CC2)CC3)no1. The molecule has 0 atom stereocenters. The third-order valence-corrected chi connectivity index (χ3v) is 6.66. The highest BCUT2D eigenvalue weighted by Gasteiger charge is 2.52. The molecule has 3 saturated carbocycles. The van der Waals surface area contributed by atoms with Crippen LogP contribution in [0.15, 0.2) is 33.3 Å². The summed E-state index contributed by atoms with van der Waals surface area (Å²) < 4.78 is 32.7. The fourth-order valence-electron chi connectivity index (χ4n) is 4.37. The summed E-state index contributed by atoms with van der Waals surface area (Å²) in [4.78, 5) is 4.05. The van der Waals surface area contributed by atoms with Gasteiger partial charge in [0.25, 0.3) is 5.89 Å².